The maximum atomic E-state index is 9.62. The lowest BCUT2D eigenvalue weighted by Gasteiger charge is -2.18. The highest BCUT2D eigenvalue weighted by atomic mass is 16.5. The van der Waals surface area contributed by atoms with E-state index in [-0.39, 0.29) is 0 Å². The molecular formula is C9H12O3. The van der Waals surface area contributed by atoms with Gasteiger partial charge in [0.2, 0.25) is 0 Å². The van der Waals surface area contributed by atoms with Crippen molar-refractivity contribution in [3.05, 3.63) is 23.2 Å². The van der Waals surface area contributed by atoms with Crippen LogP contribution in [0, 0.1) is 0 Å². The van der Waals surface area contributed by atoms with Crippen LogP contribution in [-0.2, 0) is 9.47 Å². The fourth-order valence-electron chi connectivity index (χ4n) is 1.61. The molecule has 66 valence electrons. The third kappa shape index (κ3) is 1.10. The lowest BCUT2D eigenvalue weighted by atomic mass is 9.98. The Morgan fingerprint density at radius 1 is 1.67 bits per heavy atom. The van der Waals surface area contributed by atoms with E-state index in [1.807, 2.05) is 6.08 Å². The quantitative estimate of drug-likeness (QED) is 0.633. The maximum absolute atomic E-state index is 9.62. The summed E-state index contributed by atoms with van der Waals surface area (Å²) in [5.74, 6) is 1.61. The molecule has 0 aromatic heterocycles. The number of aliphatic hydroxyl groups is 1. The van der Waals surface area contributed by atoms with Crippen LogP contribution in [-0.4, -0.2) is 24.9 Å². The highest BCUT2D eigenvalue weighted by molar-refractivity contribution is 5.32. The van der Waals surface area contributed by atoms with Crippen LogP contribution in [0.3, 0.4) is 0 Å². The van der Waals surface area contributed by atoms with E-state index < -0.39 is 6.10 Å². The summed E-state index contributed by atoms with van der Waals surface area (Å²) in [7, 11) is 1.61. The molecule has 1 aliphatic heterocycles. The Balaban J connectivity index is 2.27. The summed E-state index contributed by atoms with van der Waals surface area (Å²) in [6, 6.07) is 0. The molecule has 1 N–H and O–H groups in total. The van der Waals surface area contributed by atoms with Crippen LogP contribution < -0.4 is 0 Å². The van der Waals surface area contributed by atoms with Gasteiger partial charge in [-0.15, -0.1) is 0 Å². The second-order valence-corrected chi connectivity index (χ2v) is 3.02. The van der Waals surface area contributed by atoms with Gasteiger partial charge in [0.05, 0.1) is 19.8 Å². The zero-order chi connectivity index (χ0) is 8.55. The van der Waals surface area contributed by atoms with Crippen molar-refractivity contribution in [1.29, 1.82) is 0 Å². The van der Waals surface area contributed by atoms with Gasteiger partial charge in [-0.3, -0.25) is 0 Å². The molecule has 3 nitrogen and oxygen atoms in total. The number of ether oxygens (including phenoxy) is 2. The molecule has 1 aliphatic carbocycles. The van der Waals surface area contributed by atoms with E-state index in [9.17, 15) is 5.11 Å². The first-order chi connectivity index (χ1) is 5.81. The molecule has 0 saturated carbocycles. The van der Waals surface area contributed by atoms with Gasteiger partial charge in [-0.1, -0.05) is 0 Å². The highest BCUT2D eigenvalue weighted by Gasteiger charge is 2.27. The first-order valence-electron chi connectivity index (χ1n) is 4.09. The Morgan fingerprint density at radius 2 is 2.50 bits per heavy atom. The molecule has 2 aliphatic rings. The van der Waals surface area contributed by atoms with Gasteiger partial charge in [-0.05, 0) is 0 Å². The third-order valence-electron chi connectivity index (χ3n) is 2.30. The smallest absolute Gasteiger partial charge is 0.124 e. The Kier molecular flexibility index (Phi) is 1.81. The molecule has 0 aromatic carbocycles. The van der Waals surface area contributed by atoms with Gasteiger partial charge in [0.15, 0.2) is 0 Å². The molecule has 0 fully saturated rings. The van der Waals surface area contributed by atoms with Crippen LogP contribution in [0.1, 0.15) is 12.8 Å². The number of rotatable bonds is 1. The summed E-state index contributed by atoms with van der Waals surface area (Å²) in [6.45, 7) is 0.690. The van der Waals surface area contributed by atoms with Crippen LogP contribution in [0.5, 0.6) is 0 Å². The Bertz CT molecular complexity index is 252. The SMILES string of the molecule is COC1=CC2=C(CCO2)C(O)C1. The molecular weight excluding hydrogens is 156 g/mol. The van der Waals surface area contributed by atoms with Gasteiger partial charge < -0.3 is 14.6 Å². The largest absolute Gasteiger partial charge is 0.501 e. The first-order valence-corrected chi connectivity index (χ1v) is 4.09. The summed E-state index contributed by atoms with van der Waals surface area (Å²) in [5.41, 5.74) is 1.02. The zero-order valence-corrected chi connectivity index (χ0v) is 7.04. The van der Waals surface area contributed by atoms with Crippen LogP contribution in [0.4, 0.5) is 0 Å². The van der Waals surface area contributed by atoms with Crippen LogP contribution in [0.25, 0.3) is 0 Å². The minimum absolute atomic E-state index is 0.401. The van der Waals surface area contributed by atoms with Crippen molar-refractivity contribution < 1.29 is 14.6 Å². The summed E-state index contributed by atoms with van der Waals surface area (Å²) in [4.78, 5) is 0. The van der Waals surface area contributed by atoms with Gasteiger partial charge >= 0.3 is 0 Å². The van der Waals surface area contributed by atoms with Crippen LogP contribution in [0.2, 0.25) is 0 Å². The normalized spacial score (nSPS) is 27.8. The van der Waals surface area contributed by atoms with Gasteiger partial charge in [0, 0.05) is 24.5 Å². The Hall–Kier alpha value is -0.960. The molecule has 0 aromatic rings. The topological polar surface area (TPSA) is 38.7 Å². The summed E-state index contributed by atoms with van der Waals surface area (Å²) < 4.78 is 10.4. The van der Waals surface area contributed by atoms with Crippen molar-refractivity contribution in [3.63, 3.8) is 0 Å². The second-order valence-electron chi connectivity index (χ2n) is 3.02. The number of hydrogen-bond acceptors (Lipinski definition) is 3. The first kappa shape index (κ1) is 7.68. The highest BCUT2D eigenvalue weighted by Crippen LogP contribution is 2.31. The van der Waals surface area contributed by atoms with Crippen molar-refractivity contribution in [2.24, 2.45) is 0 Å². The predicted molar refractivity (Wildman–Crippen MR) is 43.3 cm³/mol. The molecule has 1 unspecified atom stereocenters. The van der Waals surface area contributed by atoms with E-state index in [0.29, 0.717) is 13.0 Å². The number of aliphatic hydroxyl groups excluding tert-OH is 1. The molecule has 3 heteroatoms. The Labute approximate surface area is 71.3 Å². The molecule has 12 heavy (non-hydrogen) atoms. The third-order valence-corrected chi connectivity index (χ3v) is 2.30. The van der Waals surface area contributed by atoms with E-state index in [0.717, 1.165) is 23.5 Å². The van der Waals surface area contributed by atoms with Crippen molar-refractivity contribution in [1.82, 2.24) is 0 Å². The molecule has 2 rings (SSSR count). The van der Waals surface area contributed by atoms with E-state index in [1.165, 1.54) is 0 Å². The number of methoxy groups -OCH3 is 1. The summed E-state index contributed by atoms with van der Waals surface area (Å²) >= 11 is 0. The van der Waals surface area contributed by atoms with Crippen molar-refractivity contribution in [2.45, 2.75) is 18.9 Å². The molecule has 0 radical (unpaired) electrons. The molecule has 0 amide bonds. The van der Waals surface area contributed by atoms with Gasteiger partial charge in [0.25, 0.3) is 0 Å². The minimum Gasteiger partial charge on any atom is -0.501 e. The fourth-order valence-corrected chi connectivity index (χ4v) is 1.61. The average Bonchev–Trinajstić information content (AvgIpc) is 2.52. The predicted octanol–water partition coefficient (Wildman–Crippen LogP) is 0.956. The molecule has 0 spiro atoms. The number of allylic oxidation sites excluding steroid dienone is 1. The van der Waals surface area contributed by atoms with E-state index in [2.05, 4.69) is 0 Å². The monoisotopic (exact) mass is 168 g/mol. The fraction of sp³-hybridized carbons (Fsp3) is 0.556. The zero-order valence-electron chi connectivity index (χ0n) is 7.04. The lowest BCUT2D eigenvalue weighted by molar-refractivity contribution is 0.166. The number of hydrogen-bond donors (Lipinski definition) is 1. The average molecular weight is 168 g/mol. The van der Waals surface area contributed by atoms with Crippen molar-refractivity contribution in [3.8, 4) is 0 Å². The Morgan fingerprint density at radius 3 is 3.25 bits per heavy atom. The van der Waals surface area contributed by atoms with Crippen molar-refractivity contribution in [2.75, 3.05) is 13.7 Å². The lowest BCUT2D eigenvalue weighted by Crippen LogP contribution is -2.15. The van der Waals surface area contributed by atoms with Crippen LogP contribution >= 0.6 is 0 Å². The maximum Gasteiger partial charge on any atom is 0.124 e. The molecule has 0 bridgehead atoms. The van der Waals surface area contributed by atoms with Crippen LogP contribution in [0.15, 0.2) is 23.2 Å². The molecule has 0 saturated heterocycles. The van der Waals surface area contributed by atoms with Gasteiger partial charge in [0.1, 0.15) is 11.5 Å². The van der Waals surface area contributed by atoms with E-state index in [1.54, 1.807) is 7.11 Å². The molecule has 1 heterocycles. The standard InChI is InChI=1S/C9H12O3/c1-11-6-4-8(10)7-2-3-12-9(7)5-6/h5,8,10H,2-4H2,1H3. The van der Waals surface area contributed by atoms with Crippen molar-refractivity contribution >= 4 is 0 Å². The summed E-state index contributed by atoms with van der Waals surface area (Å²) in [6.07, 6.45) is 2.90. The second kappa shape index (κ2) is 2.83. The van der Waals surface area contributed by atoms with E-state index in [4.69, 9.17) is 9.47 Å². The summed E-state index contributed by atoms with van der Waals surface area (Å²) in [5, 5.41) is 9.62. The van der Waals surface area contributed by atoms with Gasteiger partial charge in [-0.25, -0.2) is 0 Å². The van der Waals surface area contributed by atoms with E-state index >= 15 is 0 Å². The molecule has 1 atom stereocenters. The van der Waals surface area contributed by atoms with Gasteiger partial charge in [-0.2, -0.15) is 0 Å². The minimum atomic E-state index is -0.401.